The molecule has 0 saturated carbocycles. The van der Waals surface area contributed by atoms with E-state index in [1.54, 1.807) is 17.0 Å². The highest BCUT2D eigenvalue weighted by atomic mass is 32.2. The van der Waals surface area contributed by atoms with Crippen molar-refractivity contribution in [3.63, 3.8) is 0 Å². The lowest BCUT2D eigenvalue weighted by Crippen LogP contribution is -2.50. The Kier molecular flexibility index (Phi) is 6.13. The Labute approximate surface area is 181 Å². The molecule has 1 aliphatic heterocycles. The quantitative estimate of drug-likeness (QED) is 0.567. The van der Waals surface area contributed by atoms with Crippen LogP contribution in [0.15, 0.2) is 76.5 Å². The molecule has 30 heavy (non-hydrogen) atoms. The fourth-order valence-electron chi connectivity index (χ4n) is 3.53. The Balaban J connectivity index is 1.36. The minimum atomic E-state index is -3.57. The van der Waals surface area contributed by atoms with Gasteiger partial charge < -0.3 is 4.90 Å². The van der Waals surface area contributed by atoms with Crippen molar-refractivity contribution in [2.45, 2.75) is 16.7 Å². The highest BCUT2D eigenvalue weighted by molar-refractivity contribution is 8.00. The summed E-state index contributed by atoms with van der Waals surface area (Å²) in [5.74, 6) is 0.406. The third kappa shape index (κ3) is 4.53. The number of sulfonamides is 1. The summed E-state index contributed by atoms with van der Waals surface area (Å²) in [6.07, 6.45) is 0. The summed E-state index contributed by atoms with van der Waals surface area (Å²) in [7, 11) is -3.57. The minimum Gasteiger partial charge on any atom is -0.339 e. The largest absolute Gasteiger partial charge is 0.339 e. The van der Waals surface area contributed by atoms with E-state index in [2.05, 4.69) is 0 Å². The number of nitrogens with zero attached hydrogens (tertiary/aromatic N) is 2. The van der Waals surface area contributed by atoms with Gasteiger partial charge in [0, 0.05) is 31.1 Å². The van der Waals surface area contributed by atoms with Gasteiger partial charge in [-0.25, -0.2) is 8.42 Å². The second-order valence-corrected chi connectivity index (χ2v) is 10.4. The van der Waals surface area contributed by atoms with E-state index in [4.69, 9.17) is 0 Å². The molecule has 0 aliphatic carbocycles. The molecule has 1 amide bonds. The number of aryl methyl sites for hydroxylation is 1. The van der Waals surface area contributed by atoms with Crippen molar-refractivity contribution >= 4 is 38.5 Å². The number of hydrogen-bond acceptors (Lipinski definition) is 4. The molecule has 0 N–H and O–H groups in total. The number of amides is 1. The third-order valence-corrected chi connectivity index (χ3v) is 8.22. The highest BCUT2D eigenvalue weighted by Crippen LogP contribution is 2.23. The lowest BCUT2D eigenvalue weighted by molar-refractivity contribution is -0.129. The minimum absolute atomic E-state index is 0.0447. The Morgan fingerprint density at radius 2 is 1.57 bits per heavy atom. The molecule has 0 unspecified atom stereocenters. The first kappa shape index (κ1) is 20.9. The molecule has 5 nitrogen and oxygen atoms in total. The summed E-state index contributed by atoms with van der Waals surface area (Å²) >= 11 is 1.51. The number of carbonyl (C=O) groups excluding carboxylic acids is 1. The summed E-state index contributed by atoms with van der Waals surface area (Å²) in [5, 5.41) is 1.92. The van der Waals surface area contributed by atoms with Gasteiger partial charge in [0.05, 0.1) is 10.6 Å². The van der Waals surface area contributed by atoms with Gasteiger partial charge >= 0.3 is 0 Å². The molecular formula is C23H24N2O3S2. The summed E-state index contributed by atoms with van der Waals surface area (Å²) in [5.41, 5.74) is 1.19. The standard InChI is InChI=1S/C23H24N2O3S2/c1-18-6-9-21(10-7-18)29-17-23(26)24-12-14-25(15-13-24)30(27,28)22-11-8-19-4-2-3-5-20(19)16-22/h2-11,16H,12-15,17H2,1H3. The second-order valence-electron chi connectivity index (χ2n) is 7.40. The average Bonchev–Trinajstić information content (AvgIpc) is 2.78. The number of rotatable bonds is 5. The summed E-state index contributed by atoms with van der Waals surface area (Å²) in [4.78, 5) is 15.7. The first-order valence-corrected chi connectivity index (χ1v) is 12.3. The zero-order valence-electron chi connectivity index (χ0n) is 16.8. The van der Waals surface area contributed by atoms with Gasteiger partial charge in [-0.3, -0.25) is 4.79 Å². The zero-order valence-corrected chi connectivity index (χ0v) is 18.5. The van der Waals surface area contributed by atoms with Crippen LogP contribution in [0.25, 0.3) is 10.8 Å². The molecule has 1 heterocycles. The van der Waals surface area contributed by atoms with Gasteiger partial charge in [-0.15, -0.1) is 11.8 Å². The van der Waals surface area contributed by atoms with Crippen LogP contribution in [0.5, 0.6) is 0 Å². The molecule has 1 saturated heterocycles. The fraction of sp³-hybridized carbons (Fsp3) is 0.261. The van der Waals surface area contributed by atoms with Crippen molar-refractivity contribution in [1.29, 1.82) is 0 Å². The first-order chi connectivity index (χ1) is 14.4. The van der Waals surface area contributed by atoms with Crippen LogP contribution in [0.3, 0.4) is 0 Å². The SMILES string of the molecule is Cc1ccc(SCC(=O)N2CCN(S(=O)(=O)c3ccc4ccccc4c3)CC2)cc1. The molecule has 156 valence electrons. The van der Waals surface area contributed by atoms with Crippen molar-refractivity contribution in [1.82, 2.24) is 9.21 Å². The maximum absolute atomic E-state index is 13.1. The molecule has 4 rings (SSSR count). The van der Waals surface area contributed by atoms with Gasteiger partial charge in [-0.05, 0) is 42.0 Å². The maximum Gasteiger partial charge on any atom is 0.243 e. The molecule has 0 radical (unpaired) electrons. The average molecular weight is 441 g/mol. The predicted octanol–water partition coefficient (Wildman–Crippen LogP) is 3.77. The molecule has 1 aliphatic rings. The Bertz CT molecular complexity index is 1150. The van der Waals surface area contributed by atoms with Gasteiger partial charge in [-0.2, -0.15) is 4.31 Å². The van der Waals surface area contributed by atoms with Crippen LogP contribution >= 0.6 is 11.8 Å². The van der Waals surface area contributed by atoms with Crippen LogP contribution in [-0.2, 0) is 14.8 Å². The number of carbonyl (C=O) groups is 1. The number of hydrogen-bond donors (Lipinski definition) is 0. The summed E-state index contributed by atoms with van der Waals surface area (Å²) in [6.45, 7) is 3.50. The van der Waals surface area contributed by atoms with Crippen LogP contribution in [0.4, 0.5) is 0 Å². The lowest BCUT2D eigenvalue weighted by Gasteiger charge is -2.34. The second kappa shape index (κ2) is 8.79. The number of benzene rings is 3. The molecule has 0 bridgehead atoms. The Morgan fingerprint density at radius 3 is 2.27 bits per heavy atom. The predicted molar refractivity (Wildman–Crippen MR) is 121 cm³/mol. The molecule has 0 spiro atoms. The van der Waals surface area contributed by atoms with Crippen LogP contribution in [0.1, 0.15) is 5.56 Å². The third-order valence-electron chi connectivity index (χ3n) is 5.33. The van der Waals surface area contributed by atoms with E-state index in [0.29, 0.717) is 36.8 Å². The van der Waals surface area contributed by atoms with E-state index < -0.39 is 10.0 Å². The monoisotopic (exact) mass is 440 g/mol. The van der Waals surface area contributed by atoms with Crippen molar-refractivity contribution in [2.75, 3.05) is 31.9 Å². The van der Waals surface area contributed by atoms with Gasteiger partial charge in [-0.1, -0.05) is 48.0 Å². The van der Waals surface area contributed by atoms with E-state index in [-0.39, 0.29) is 5.91 Å². The molecule has 0 aromatic heterocycles. The van der Waals surface area contributed by atoms with E-state index in [1.165, 1.54) is 21.6 Å². The number of piperazine rings is 1. The van der Waals surface area contributed by atoms with Crippen molar-refractivity contribution in [3.05, 3.63) is 72.3 Å². The van der Waals surface area contributed by atoms with Crippen LogP contribution in [-0.4, -0.2) is 55.5 Å². The molecule has 1 fully saturated rings. The van der Waals surface area contributed by atoms with Gasteiger partial charge in [0.15, 0.2) is 0 Å². The number of fused-ring (bicyclic) bond motifs is 1. The van der Waals surface area contributed by atoms with E-state index >= 15 is 0 Å². The molecular weight excluding hydrogens is 416 g/mol. The lowest BCUT2D eigenvalue weighted by atomic mass is 10.1. The molecule has 0 atom stereocenters. The highest BCUT2D eigenvalue weighted by Gasteiger charge is 2.30. The van der Waals surface area contributed by atoms with E-state index in [0.717, 1.165) is 15.7 Å². The van der Waals surface area contributed by atoms with Crippen molar-refractivity contribution in [3.8, 4) is 0 Å². The maximum atomic E-state index is 13.1. The smallest absolute Gasteiger partial charge is 0.243 e. The Hall–Kier alpha value is -2.35. The van der Waals surface area contributed by atoms with E-state index in [9.17, 15) is 13.2 Å². The van der Waals surface area contributed by atoms with Gasteiger partial charge in [0.25, 0.3) is 0 Å². The van der Waals surface area contributed by atoms with Crippen LogP contribution in [0, 0.1) is 6.92 Å². The molecule has 3 aromatic rings. The fourth-order valence-corrected chi connectivity index (χ4v) is 5.78. The van der Waals surface area contributed by atoms with Gasteiger partial charge in [0.1, 0.15) is 0 Å². The Morgan fingerprint density at radius 1 is 0.900 bits per heavy atom. The summed E-state index contributed by atoms with van der Waals surface area (Å²) in [6, 6.07) is 21.0. The van der Waals surface area contributed by atoms with Crippen LogP contribution < -0.4 is 0 Å². The number of thioether (sulfide) groups is 1. The normalized spacial score (nSPS) is 15.4. The summed E-state index contributed by atoms with van der Waals surface area (Å²) < 4.78 is 27.6. The van der Waals surface area contributed by atoms with E-state index in [1.807, 2.05) is 61.5 Å². The molecule has 7 heteroatoms. The van der Waals surface area contributed by atoms with Crippen molar-refractivity contribution in [2.24, 2.45) is 0 Å². The topological polar surface area (TPSA) is 57.7 Å². The van der Waals surface area contributed by atoms with Crippen LogP contribution in [0.2, 0.25) is 0 Å². The molecule has 3 aromatic carbocycles. The first-order valence-electron chi connectivity index (χ1n) is 9.90. The van der Waals surface area contributed by atoms with Gasteiger partial charge in [0.2, 0.25) is 15.9 Å². The zero-order chi connectivity index (χ0) is 21.1. The van der Waals surface area contributed by atoms with Crippen molar-refractivity contribution < 1.29 is 13.2 Å².